The fourth-order valence-electron chi connectivity index (χ4n) is 3.68. The normalized spacial score (nSPS) is 24.6. The van der Waals surface area contributed by atoms with Gasteiger partial charge in [0, 0.05) is 50.5 Å². The Morgan fingerprint density at radius 3 is 1.97 bits per heavy atom. The second kappa shape index (κ2) is 8.79. The van der Waals surface area contributed by atoms with Crippen LogP contribution >= 0.6 is 0 Å². The molecule has 1 N–H and O–H groups in total. The molecule has 0 spiro atoms. The van der Waals surface area contributed by atoms with E-state index in [1.54, 1.807) is 17.0 Å². The second-order valence-corrected chi connectivity index (χ2v) is 11.4. The number of benzene rings is 1. The molecule has 30 heavy (non-hydrogen) atoms. The summed E-state index contributed by atoms with van der Waals surface area (Å²) in [6.07, 6.45) is 0.732. The fraction of sp³-hybridized carbons (Fsp3) is 0.611. The van der Waals surface area contributed by atoms with E-state index in [0.717, 1.165) is 6.26 Å². The SMILES string of the molecule is CC1CN(S(=O)(=O)N2CCN(C(=O)c3ccc(NS(C)(=O)=O)cc3)CC2)CC(C)O1. The van der Waals surface area contributed by atoms with E-state index >= 15 is 0 Å². The minimum atomic E-state index is -3.60. The quantitative estimate of drug-likeness (QED) is 0.670. The molecule has 10 nitrogen and oxygen atoms in total. The van der Waals surface area contributed by atoms with Gasteiger partial charge in [0.05, 0.1) is 18.5 Å². The van der Waals surface area contributed by atoms with Gasteiger partial charge in [0.15, 0.2) is 0 Å². The average Bonchev–Trinajstić information content (AvgIpc) is 2.66. The van der Waals surface area contributed by atoms with Crippen molar-refractivity contribution >= 4 is 31.8 Å². The van der Waals surface area contributed by atoms with Crippen LogP contribution in [0.4, 0.5) is 5.69 Å². The lowest BCUT2D eigenvalue weighted by molar-refractivity contribution is -0.0457. The fourth-order valence-corrected chi connectivity index (χ4v) is 5.99. The van der Waals surface area contributed by atoms with Crippen molar-refractivity contribution in [2.24, 2.45) is 0 Å². The van der Waals surface area contributed by atoms with Crippen LogP contribution in [0.15, 0.2) is 24.3 Å². The lowest BCUT2D eigenvalue weighted by Crippen LogP contribution is -2.57. The number of morpholine rings is 1. The molecule has 0 aromatic heterocycles. The highest BCUT2D eigenvalue weighted by Gasteiger charge is 2.37. The summed E-state index contributed by atoms with van der Waals surface area (Å²) in [7, 11) is -6.99. The molecule has 3 rings (SSSR count). The van der Waals surface area contributed by atoms with Crippen LogP contribution in [0.1, 0.15) is 24.2 Å². The van der Waals surface area contributed by atoms with Gasteiger partial charge >= 0.3 is 0 Å². The van der Waals surface area contributed by atoms with E-state index in [-0.39, 0.29) is 44.3 Å². The first-order chi connectivity index (χ1) is 14.0. The molecule has 168 valence electrons. The lowest BCUT2D eigenvalue weighted by Gasteiger charge is -2.40. The van der Waals surface area contributed by atoms with Crippen molar-refractivity contribution in [3.8, 4) is 0 Å². The van der Waals surface area contributed by atoms with E-state index in [0.29, 0.717) is 24.3 Å². The van der Waals surface area contributed by atoms with Gasteiger partial charge in [-0.2, -0.15) is 17.0 Å². The molecule has 2 heterocycles. The number of hydrogen-bond donors (Lipinski definition) is 1. The van der Waals surface area contributed by atoms with Crippen LogP contribution < -0.4 is 4.72 Å². The van der Waals surface area contributed by atoms with E-state index < -0.39 is 20.2 Å². The van der Waals surface area contributed by atoms with Gasteiger partial charge in [-0.1, -0.05) is 0 Å². The molecule has 2 unspecified atom stereocenters. The molecule has 1 aromatic rings. The van der Waals surface area contributed by atoms with Gasteiger partial charge in [0.2, 0.25) is 10.0 Å². The third kappa shape index (κ3) is 5.49. The smallest absolute Gasteiger partial charge is 0.282 e. The number of nitrogens with one attached hydrogen (secondary N) is 1. The molecular formula is C18H28N4O6S2. The van der Waals surface area contributed by atoms with Crippen molar-refractivity contribution in [2.75, 3.05) is 50.2 Å². The molecule has 0 bridgehead atoms. The molecule has 0 saturated carbocycles. The Kier molecular flexibility index (Phi) is 6.72. The minimum Gasteiger partial charge on any atom is -0.373 e. The molecule has 2 aliphatic heterocycles. The number of piperazine rings is 1. The monoisotopic (exact) mass is 460 g/mol. The first kappa shape index (κ1) is 22.9. The Labute approximate surface area is 178 Å². The zero-order valence-electron chi connectivity index (χ0n) is 17.3. The second-order valence-electron chi connectivity index (χ2n) is 7.72. The van der Waals surface area contributed by atoms with Crippen LogP contribution in [0.5, 0.6) is 0 Å². The number of anilines is 1. The summed E-state index contributed by atoms with van der Waals surface area (Å²) >= 11 is 0. The van der Waals surface area contributed by atoms with Gasteiger partial charge in [0.1, 0.15) is 0 Å². The largest absolute Gasteiger partial charge is 0.373 e. The van der Waals surface area contributed by atoms with Crippen molar-refractivity contribution in [2.45, 2.75) is 26.1 Å². The average molecular weight is 461 g/mol. The number of amides is 1. The number of sulfonamides is 1. The van der Waals surface area contributed by atoms with Gasteiger partial charge in [-0.3, -0.25) is 9.52 Å². The summed E-state index contributed by atoms with van der Waals surface area (Å²) in [4.78, 5) is 14.3. The first-order valence-corrected chi connectivity index (χ1v) is 13.0. The third-order valence-corrected chi connectivity index (χ3v) is 7.57. The Hall–Kier alpha value is -1.73. The maximum Gasteiger partial charge on any atom is 0.282 e. The number of hydrogen-bond acceptors (Lipinski definition) is 6. The summed E-state index contributed by atoms with van der Waals surface area (Å²) in [5, 5.41) is 0. The predicted molar refractivity (Wildman–Crippen MR) is 113 cm³/mol. The van der Waals surface area contributed by atoms with Crippen LogP contribution in [-0.2, 0) is 25.0 Å². The van der Waals surface area contributed by atoms with Crippen LogP contribution in [-0.4, -0.2) is 94.0 Å². The van der Waals surface area contributed by atoms with E-state index in [2.05, 4.69) is 4.72 Å². The number of rotatable bonds is 5. The summed E-state index contributed by atoms with van der Waals surface area (Å²) in [6.45, 7) is 5.37. The van der Waals surface area contributed by atoms with Crippen molar-refractivity contribution in [1.29, 1.82) is 0 Å². The zero-order valence-corrected chi connectivity index (χ0v) is 18.9. The molecule has 1 aromatic carbocycles. The van der Waals surface area contributed by atoms with Crippen LogP contribution in [0.2, 0.25) is 0 Å². The molecule has 0 radical (unpaired) electrons. The van der Waals surface area contributed by atoms with Crippen molar-refractivity contribution in [3.05, 3.63) is 29.8 Å². The standard InChI is InChI=1S/C18H28N4O6S2/c1-14-12-22(13-15(2)28-14)30(26,27)21-10-8-20(9-11-21)18(23)16-4-6-17(7-5-16)19-29(3,24)25/h4-7,14-15,19H,8-13H2,1-3H3. The predicted octanol–water partition coefficient (Wildman–Crippen LogP) is 0.170. The van der Waals surface area contributed by atoms with Gasteiger partial charge < -0.3 is 9.64 Å². The van der Waals surface area contributed by atoms with Crippen molar-refractivity contribution < 1.29 is 26.4 Å². The molecule has 12 heteroatoms. The Balaban J connectivity index is 1.60. The van der Waals surface area contributed by atoms with E-state index in [9.17, 15) is 21.6 Å². The Morgan fingerprint density at radius 2 is 1.47 bits per heavy atom. The summed E-state index contributed by atoms with van der Waals surface area (Å²) in [6, 6.07) is 6.15. The number of nitrogens with zero attached hydrogens (tertiary/aromatic N) is 3. The third-order valence-electron chi connectivity index (χ3n) is 5.00. The molecule has 0 aliphatic carbocycles. The molecule has 2 aliphatic rings. The van der Waals surface area contributed by atoms with Crippen LogP contribution in [0, 0.1) is 0 Å². The lowest BCUT2D eigenvalue weighted by atomic mass is 10.1. The molecule has 1 amide bonds. The molecular weight excluding hydrogens is 432 g/mol. The highest BCUT2D eigenvalue weighted by molar-refractivity contribution is 7.92. The topological polar surface area (TPSA) is 116 Å². The van der Waals surface area contributed by atoms with Gasteiger partial charge in [0.25, 0.3) is 16.1 Å². The van der Waals surface area contributed by atoms with Crippen LogP contribution in [0.25, 0.3) is 0 Å². The minimum absolute atomic E-state index is 0.161. The van der Waals surface area contributed by atoms with Crippen molar-refractivity contribution in [3.63, 3.8) is 0 Å². The molecule has 2 saturated heterocycles. The maximum absolute atomic E-state index is 13.0. The van der Waals surface area contributed by atoms with E-state index in [4.69, 9.17) is 4.74 Å². The molecule has 2 atom stereocenters. The summed E-state index contributed by atoms with van der Waals surface area (Å²) < 4.78 is 59.3. The van der Waals surface area contributed by atoms with Gasteiger partial charge in [-0.15, -0.1) is 0 Å². The number of carbonyl (C=O) groups excluding carboxylic acids is 1. The van der Waals surface area contributed by atoms with Gasteiger partial charge in [-0.25, -0.2) is 8.42 Å². The number of carbonyl (C=O) groups is 1. The summed E-state index contributed by atoms with van der Waals surface area (Å²) in [5.74, 6) is -0.216. The van der Waals surface area contributed by atoms with Crippen LogP contribution in [0.3, 0.4) is 0 Å². The maximum atomic E-state index is 13.0. The Bertz CT molecular complexity index is 962. The highest BCUT2D eigenvalue weighted by Crippen LogP contribution is 2.20. The van der Waals surface area contributed by atoms with Gasteiger partial charge in [-0.05, 0) is 38.1 Å². The first-order valence-electron chi connectivity index (χ1n) is 9.73. The van der Waals surface area contributed by atoms with Crippen molar-refractivity contribution in [1.82, 2.24) is 13.5 Å². The Morgan fingerprint density at radius 1 is 0.933 bits per heavy atom. The zero-order chi connectivity index (χ0) is 22.1. The van der Waals surface area contributed by atoms with E-state index in [1.807, 2.05) is 13.8 Å². The number of ether oxygens (including phenoxy) is 1. The highest BCUT2D eigenvalue weighted by atomic mass is 32.2. The molecule has 2 fully saturated rings. The van der Waals surface area contributed by atoms with E-state index in [1.165, 1.54) is 20.7 Å². The summed E-state index contributed by atoms with van der Waals surface area (Å²) in [5.41, 5.74) is 0.792.